The molecule has 4 rings (SSSR count). The van der Waals surface area contributed by atoms with E-state index in [1.165, 1.54) is 6.07 Å². The summed E-state index contributed by atoms with van der Waals surface area (Å²) in [5, 5.41) is 12.7. The van der Waals surface area contributed by atoms with E-state index in [0.29, 0.717) is 38.3 Å². The average molecular weight is 372 g/mol. The normalized spacial score (nSPS) is 21.9. The van der Waals surface area contributed by atoms with Crippen molar-refractivity contribution >= 4 is 6.03 Å². The minimum absolute atomic E-state index is 0.165. The molecule has 1 fully saturated rings. The minimum atomic E-state index is -0.415. The van der Waals surface area contributed by atoms with Crippen LogP contribution in [0.5, 0.6) is 11.5 Å². The Morgan fingerprint density at radius 3 is 2.93 bits per heavy atom. The molecule has 7 heteroatoms. The van der Waals surface area contributed by atoms with Crippen LogP contribution in [-0.4, -0.2) is 42.3 Å². The van der Waals surface area contributed by atoms with Gasteiger partial charge in [-0.05, 0) is 23.8 Å². The Labute approximate surface area is 156 Å². The summed E-state index contributed by atoms with van der Waals surface area (Å²) in [5.41, 5.74) is 1.48. The zero-order chi connectivity index (χ0) is 18.8. The molecule has 1 saturated heterocycles. The molecule has 2 heterocycles. The fourth-order valence-electron chi connectivity index (χ4n) is 3.54. The SMILES string of the molecule is O=C(N[C@H]1CCOc2c(F)cccc21)N1CCOC(c2cccc(O)c2)C1. The number of phenols is 1. The molecule has 6 nitrogen and oxygen atoms in total. The molecule has 0 spiro atoms. The van der Waals surface area contributed by atoms with Crippen molar-refractivity contribution in [3.8, 4) is 11.5 Å². The summed E-state index contributed by atoms with van der Waals surface area (Å²) >= 11 is 0. The highest BCUT2D eigenvalue weighted by Gasteiger charge is 2.30. The smallest absolute Gasteiger partial charge is 0.318 e. The van der Waals surface area contributed by atoms with Gasteiger partial charge in [-0.25, -0.2) is 9.18 Å². The van der Waals surface area contributed by atoms with Crippen molar-refractivity contribution in [3.63, 3.8) is 0 Å². The molecule has 0 bridgehead atoms. The number of nitrogens with one attached hydrogen (secondary N) is 1. The number of nitrogens with zero attached hydrogens (tertiary/aromatic N) is 1. The predicted molar refractivity (Wildman–Crippen MR) is 96.2 cm³/mol. The first-order valence-corrected chi connectivity index (χ1v) is 8.99. The molecular weight excluding hydrogens is 351 g/mol. The molecule has 2 aliphatic heterocycles. The number of carbonyl (C=O) groups is 1. The number of hydrogen-bond acceptors (Lipinski definition) is 4. The zero-order valence-electron chi connectivity index (χ0n) is 14.7. The van der Waals surface area contributed by atoms with E-state index in [9.17, 15) is 14.3 Å². The highest BCUT2D eigenvalue weighted by atomic mass is 19.1. The fraction of sp³-hybridized carbons (Fsp3) is 0.350. The second kappa shape index (κ2) is 7.44. The molecule has 1 unspecified atom stereocenters. The van der Waals surface area contributed by atoms with Crippen LogP contribution in [-0.2, 0) is 4.74 Å². The summed E-state index contributed by atoms with van der Waals surface area (Å²) in [6.07, 6.45) is 0.290. The lowest BCUT2D eigenvalue weighted by Gasteiger charge is -2.35. The molecule has 0 saturated carbocycles. The van der Waals surface area contributed by atoms with E-state index in [4.69, 9.17) is 9.47 Å². The number of ether oxygens (including phenoxy) is 2. The van der Waals surface area contributed by atoms with Crippen LogP contribution >= 0.6 is 0 Å². The van der Waals surface area contributed by atoms with E-state index in [2.05, 4.69) is 5.32 Å². The first kappa shape index (κ1) is 17.6. The second-order valence-electron chi connectivity index (χ2n) is 6.70. The molecule has 0 aromatic heterocycles. The highest BCUT2D eigenvalue weighted by Crippen LogP contribution is 2.34. The Balaban J connectivity index is 1.45. The monoisotopic (exact) mass is 372 g/mol. The lowest BCUT2D eigenvalue weighted by atomic mass is 10.0. The maximum absolute atomic E-state index is 13.9. The number of phenolic OH excluding ortho intramolecular Hbond substituents is 1. The number of para-hydroxylation sites is 1. The number of hydrogen-bond donors (Lipinski definition) is 2. The Morgan fingerprint density at radius 1 is 1.22 bits per heavy atom. The number of carbonyl (C=O) groups excluding carboxylic acids is 1. The van der Waals surface area contributed by atoms with Crippen molar-refractivity contribution in [2.75, 3.05) is 26.3 Å². The van der Waals surface area contributed by atoms with Crippen LogP contribution in [0.3, 0.4) is 0 Å². The third kappa shape index (κ3) is 3.68. The van der Waals surface area contributed by atoms with Crippen molar-refractivity contribution < 1.29 is 23.8 Å². The molecule has 2 atom stereocenters. The molecule has 2 aliphatic rings. The molecule has 142 valence electrons. The van der Waals surface area contributed by atoms with Crippen molar-refractivity contribution in [1.29, 1.82) is 0 Å². The molecule has 2 aromatic rings. The largest absolute Gasteiger partial charge is 0.508 e. The van der Waals surface area contributed by atoms with Gasteiger partial charge in [-0.15, -0.1) is 0 Å². The number of benzene rings is 2. The molecule has 2 amide bonds. The van der Waals surface area contributed by atoms with Gasteiger partial charge in [-0.1, -0.05) is 24.3 Å². The fourth-order valence-corrected chi connectivity index (χ4v) is 3.54. The van der Waals surface area contributed by atoms with Gasteiger partial charge < -0.3 is 24.8 Å². The van der Waals surface area contributed by atoms with Crippen molar-refractivity contribution in [2.24, 2.45) is 0 Å². The topological polar surface area (TPSA) is 71.0 Å². The van der Waals surface area contributed by atoms with E-state index >= 15 is 0 Å². The zero-order valence-corrected chi connectivity index (χ0v) is 14.7. The van der Waals surface area contributed by atoms with Crippen LogP contribution in [0.1, 0.15) is 29.7 Å². The maximum Gasteiger partial charge on any atom is 0.318 e. The standard InChI is InChI=1S/C20H21FN2O4/c21-16-6-2-5-15-17(7-9-27-19(15)16)22-20(25)23-8-10-26-18(12-23)13-3-1-4-14(24)11-13/h1-6,11,17-18,24H,7-10,12H2,(H,22,25)/t17-,18?/m0/s1. The van der Waals surface area contributed by atoms with E-state index in [0.717, 1.165) is 5.56 Å². The van der Waals surface area contributed by atoms with E-state index in [-0.39, 0.29) is 29.7 Å². The number of fused-ring (bicyclic) bond motifs is 1. The third-order valence-electron chi connectivity index (χ3n) is 4.92. The first-order chi connectivity index (χ1) is 13.1. The quantitative estimate of drug-likeness (QED) is 0.850. The Bertz CT molecular complexity index is 844. The number of amides is 2. The van der Waals surface area contributed by atoms with Gasteiger partial charge in [0.2, 0.25) is 0 Å². The molecule has 0 radical (unpaired) electrons. The van der Waals surface area contributed by atoms with Gasteiger partial charge in [0.15, 0.2) is 11.6 Å². The van der Waals surface area contributed by atoms with Crippen LogP contribution in [0.25, 0.3) is 0 Å². The Kier molecular flexibility index (Phi) is 4.85. The Hall–Kier alpha value is -2.80. The summed E-state index contributed by atoms with van der Waals surface area (Å²) in [4.78, 5) is 14.5. The maximum atomic E-state index is 13.9. The molecule has 27 heavy (non-hydrogen) atoms. The van der Waals surface area contributed by atoms with Gasteiger partial charge in [-0.3, -0.25) is 0 Å². The molecule has 2 aromatic carbocycles. The predicted octanol–water partition coefficient (Wildman–Crippen LogP) is 3.14. The number of rotatable bonds is 2. The van der Waals surface area contributed by atoms with Crippen molar-refractivity contribution in [2.45, 2.75) is 18.6 Å². The highest BCUT2D eigenvalue weighted by molar-refractivity contribution is 5.75. The third-order valence-corrected chi connectivity index (χ3v) is 4.92. The van der Waals surface area contributed by atoms with Gasteiger partial charge in [0.25, 0.3) is 0 Å². The lowest BCUT2D eigenvalue weighted by Crippen LogP contribution is -2.48. The van der Waals surface area contributed by atoms with Crippen LogP contribution < -0.4 is 10.1 Å². The van der Waals surface area contributed by atoms with Gasteiger partial charge in [0, 0.05) is 18.5 Å². The number of halogens is 1. The summed E-state index contributed by atoms with van der Waals surface area (Å²) in [7, 11) is 0. The van der Waals surface area contributed by atoms with E-state index in [1.54, 1.807) is 35.2 Å². The van der Waals surface area contributed by atoms with Gasteiger partial charge in [0.1, 0.15) is 11.9 Å². The summed E-state index contributed by atoms with van der Waals surface area (Å²) in [6.45, 7) is 1.62. The summed E-state index contributed by atoms with van der Waals surface area (Å²) in [5.74, 6) is -0.0334. The van der Waals surface area contributed by atoms with Crippen LogP contribution in [0.2, 0.25) is 0 Å². The minimum Gasteiger partial charge on any atom is -0.508 e. The van der Waals surface area contributed by atoms with Crippen molar-refractivity contribution in [1.82, 2.24) is 10.2 Å². The van der Waals surface area contributed by atoms with Crippen LogP contribution in [0.4, 0.5) is 9.18 Å². The van der Waals surface area contributed by atoms with Gasteiger partial charge >= 0.3 is 6.03 Å². The first-order valence-electron chi connectivity index (χ1n) is 8.99. The summed E-state index contributed by atoms with van der Waals surface area (Å²) < 4.78 is 25.1. The molecular formula is C20H21FN2O4. The lowest BCUT2D eigenvalue weighted by molar-refractivity contribution is -0.0160. The number of urea groups is 1. The van der Waals surface area contributed by atoms with Crippen molar-refractivity contribution in [3.05, 3.63) is 59.4 Å². The molecule has 2 N–H and O–H groups in total. The average Bonchev–Trinajstić information content (AvgIpc) is 2.69. The van der Waals surface area contributed by atoms with Crippen LogP contribution in [0, 0.1) is 5.82 Å². The molecule has 0 aliphatic carbocycles. The van der Waals surface area contributed by atoms with Gasteiger partial charge in [0.05, 0.1) is 25.8 Å². The summed E-state index contributed by atoms with van der Waals surface area (Å²) in [6, 6.07) is 11.1. The van der Waals surface area contributed by atoms with E-state index < -0.39 is 5.82 Å². The van der Waals surface area contributed by atoms with E-state index in [1.807, 2.05) is 6.07 Å². The Morgan fingerprint density at radius 2 is 2.07 bits per heavy atom. The number of aromatic hydroxyl groups is 1. The van der Waals surface area contributed by atoms with Crippen LogP contribution in [0.15, 0.2) is 42.5 Å². The second-order valence-corrected chi connectivity index (χ2v) is 6.70. The van der Waals surface area contributed by atoms with Gasteiger partial charge in [-0.2, -0.15) is 0 Å². The number of morpholine rings is 1.